The molecule has 1 N–H and O–H groups in total. The number of hydrogen-bond acceptors (Lipinski definition) is 0. The van der Waals surface area contributed by atoms with E-state index in [0.29, 0.717) is 5.92 Å². The van der Waals surface area contributed by atoms with Crippen LogP contribution >= 0.6 is 0 Å². The van der Waals surface area contributed by atoms with E-state index in [4.69, 9.17) is 0 Å². The van der Waals surface area contributed by atoms with Gasteiger partial charge in [-0.15, -0.1) is 0 Å². The summed E-state index contributed by atoms with van der Waals surface area (Å²) in [6.45, 7) is 6.82. The van der Waals surface area contributed by atoms with Crippen molar-refractivity contribution in [2.24, 2.45) is 5.92 Å². The maximum absolute atomic E-state index is 3.71. The Bertz CT molecular complexity index is 3370. The topological polar surface area (TPSA) is 25.6 Å². The number of rotatable bonds is 8. The molecule has 3 nitrogen and oxygen atoms in total. The molecule has 0 fully saturated rings. The lowest BCUT2D eigenvalue weighted by molar-refractivity contribution is 0.647. The molecule has 0 radical (unpaired) electrons. The monoisotopic (exact) mass is 747 g/mol. The van der Waals surface area contributed by atoms with Crippen LogP contribution in [0, 0.1) is 5.92 Å². The summed E-state index contributed by atoms with van der Waals surface area (Å²) in [4.78, 5) is 3.71. The minimum absolute atomic E-state index is 0.611. The van der Waals surface area contributed by atoms with Crippen LogP contribution in [-0.4, -0.2) is 14.1 Å². The van der Waals surface area contributed by atoms with Crippen LogP contribution in [0.15, 0.2) is 170 Å². The number of aryl methyl sites for hydroxylation is 1. The van der Waals surface area contributed by atoms with Crippen molar-refractivity contribution in [3.05, 3.63) is 181 Å². The van der Waals surface area contributed by atoms with Gasteiger partial charge in [0.25, 0.3) is 0 Å². The highest BCUT2D eigenvalue weighted by Crippen LogP contribution is 2.39. The Morgan fingerprint density at radius 2 is 0.862 bits per heavy atom. The number of benzene rings is 8. The molecule has 3 aromatic heterocycles. The first-order valence-corrected chi connectivity index (χ1v) is 20.8. The van der Waals surface area contributed by atoms with Crippen LogP contribution in [0.4, 0.5) is 0 Å². The highest BCUT2D eigenvalue weighted by molar-refractivity contribution is 6.13. The fourth-order valence-corrected chi connectivity index (χ4v) is 9.55. The summed E-state index contributed by atoms with van der Waals surface area (Å²) in [7, 11) is 0. The fourth-order valence-electron chi connectivity index (χ4n) is 9.55. The Kier molecular flexibility index (Phi) is 8.11. The number of para-hydroxylation sites is 2. The molecule has 0 amide bonds. The average Bonchev–Trinajstić information content (AvgIpc) is 3.90. The predicted molar refractivity (Wildman–Crippen MR) is 248 cm³/mol. The van der Waals surface area contributed by atoms with Crippen LogP contribution in [-0.2, 0) is 12.8 Å². The average molecular weight is 748 g/mol. The third-order valence-electron chi connectivity index (χ3n) is 12.1. The molecule has 0 atom stereocenters. The Labute approximate surface area is 338 Å². The molecule has 0 aliphatic heterocycles. The quantitative estimate of drug-likeness (QED) is 0.160. The lowest BCUT2D eigenvalue weighted by atomic mass is 9.98. The van der Waals surface area contributed by atoms with Crippen LogP contribution in [0.2, 0.25) is 0 Å². The molecule has 8 aromatic carbocycles. The number of H-pyrrole nitrogens is 1. The lowest BCUT2D eigenvalue weighted by Crippen LogP contribution is -1.98. The van der Waals surface area contributed by atoms with E-state index in [1.807, 2.05) is 0 Å². The van der Waals surface area contributed by atoms with E-state index < -0.39 is 0 Å². The fraction of sp³-hybridized carbons (Fsp3) is 0.127. The smallest absolute Gasteiger partial charge is 0.0541 e. The second-order valence-corrected chi connectivity index (χ2v) is 16.5. The normalized spacial score (nSPS) is 12.1. The molecule has 3 heteroatoms. The summed E-state index contributed by atoms with van der Waals surface area (Å²) < 4.78 is 4.86. The number of nitrogens with zero attached hydrogens (tertiary/aromatic N) is 2. The van der Waals surface area contributed by atoms with Crippen molar-refractivity contribution in [2.75, 3.05) is 0 Å². The number of nitrogens with one attached hydrogen (secondary N) is 1. The zero-order valence-electron chi connectivity index (χ0n) is 33.3. The Morgan fingerprint density at radius 3 is 1.38 bits per heavy atom. The third kappa shape index (κ3) is 5.64. The number of aromatic amines is 1. The van der Waals surface area contributed by atoms with E-state index in [2.05, 4.69) is 205 Å². The van der Waals surface area contributed by atoms with Crippen LogP contribution in [0.1, 0.15) is 38.3 Å². The molecule has 0 unspecified atom stereocenters. The Balaban J connectivity index is 1.01. The maximum Gasteiger partial charge on any atom is 0.0541 e. The third-order valence-corrected chi connectivity index (χ3v) is 12.1. The second-order valence-electron chi connectivity index (χ2n) is 16.5. The van der Waals surface area contributed by atoms with E-state index in [9.17, 15) is 0 Å². The first-order chi connectivity index (χ1) is 28.5. The summed E-state index contributed by atoms with van der Waals surface area (Å²) >= 11 is 0. The zero-order chi connectivity index (χ0) is 38.9. The van der Waals surface area contributed by atoms with Crippen LogP contribution < -0.4 is 0 Å². The van der Waals surface area contributed by atoms with Crippen molar-refractivity contribution in [2.45, 2.75) is 40.0 Å². The molecule has 58 heavy (non-hydrogen) atoms. The SMILES string of the molecule is CCCc1cccc(-n2c3ccccc3c3cc(-c4ccc5[nH]c6ccc(-c7ccc8c(c7)c7ccccc7n8-c7cccc(CC(C)C)c7)cc6c5c4)ccc32)c1. The largest absolute Gasteiger partial charge is 0.355 e. The summed E-state index contributed by atoms with van der Waals surface area (Å²) in [5.41, 5.74) is 17.3. The van der Waals surface area contributed by atoms with Gasteiger partial charge in [-0.3, -0.25) is 0 Å². The lowest BCUT2D eigenvalue weighted by Gasteiger charge is -2.11. The summed E-state index contributed by atoms with van der Waals surface area (Å²) in [5.74, 6) is 0.611. The van der Waals surface area contributed by atoms with Gasteiger partial charge in [0, 0.05) is 54.7 Å². The molecule has 11 rings (SSSR count). The van der Waals surface area contributed by atoms with Crippen LogP contribution in [0.25, 0.3) is 99.0 Å². The molecule has 0 saturated heterocycles. The van der Waals surface area contributed by atoms with Crippen molar-refractivity contribution in [3.8, 4) is 33.6 Å². The van der Waals surface area contributed by atoms with Gasteiger partial charge in [-0.1, -0.05) is 112 Å². The maximum atomic E-state index is 3.71. The molecule has 0 aliphatic carbocycles. The molecule has 0 aliphatic rings. The van der Waals surface area contributed by atoms with Crippen molar-refractivity contribution in [1.82, 2.24) is 14.1 Å². The van der Waals surface area contributed by atoms with Crippen LogP contribution in [0.5, 0.6) is 0 Å². The van der Waals surface area contributed by atoms with Gasteiger partial charge >= 0.3 is 0 Å². The minimum atomic E-state index is 0.611. The van der Waals surface area contributed by atoms with Crippen molar-refractivity contribution in [3.63, 3.8) is 0 Å². The van der Waals surface area contributed by atoms with Gasteiger partial charge in [-0.05, 0) is 137 Å². The van der Waals surface area contributed by atoms with Gasteiger partial charge in [-0.2, -0.15) is 0 Å². The van der Waals surface area contributed by atoms with Crippen molar-refractivity contribution < 1.29 is 0 Å². The second kappa shape index (κ2) is 13.7. The summed E-state index contributed by atoms with van der Waals surface area (Å²) in [6, 6.07) is 63.5. The van der Waals surface area contributed by atoms with Gasteiger partial charge in [0.1, 0.15) is 0 Å². The first kappa shape index (κ1) is 34.4. The highest BCUT2D eigenvalue weighted by atomic mass is 15.0. The summed E-state index contributed by atoms with van der Waals surface area (Å²) in [6.07, 6.45) is 3.29. The van der Waals surface area contributed by atoms with Crippen molar-refractivity contribution in [1.29, 1.82) is 0 Å². The van der Waals surface area contributed by atoms with E-state index in [-0.39, 0.29) is 0 Å². The molecular weight excluding hydrogens is 703 g/mol. The molecule has 0 saturated carbocycles. The first-order valence-electron chi connectivity index (χ1n) is 20.8. The highest BCUT2D eigenvalue weighted by Gasteiger charge is 2.17. The molecule has 0 spiro atoms. The molecule has 3 heterocycles. The number of hydrogen-bond donors (Lipinski definition) is 1. The van der Waals surface area contributed by atoms with E-state index in [0.717, 1.165) is 30.3 Å². The van der Waals surface area contributed by atoms with Gasteiger partial charge in [0.15, 0.2) is 0 Å². The van der Waals surface area contributed by atoms with E-state index >= 15 is 0 Å². The number of fused-ring (bicyclic) bond motifs is 9. The van der Waals surface area contributed by atoms with Gasteiger partial charge in [-0.25, -0.2) is 0 Å². The zero-order valence-corrected chi connectivity index (χ0v) is 33.3. The van der Waals surface area contributed by atoms with E-state index in [1.165, 1.54) is 99.1 Å². The standard InChI is InChI=1S/C55H45N3/c1-4-11-36-12-9-14-42(29-36)57-52-18-7-5-16-44(52)48-33-40(22-26-54(48)57)38-20-24-50-46(31-38)47-32-39(21-25-51(47)56-50)41-23-27-55-49(34-41)45-17-6-8-19-53(45)58(55)43-15-10-13-37(30-43)28-35(2)3/h5-10,12-27,29-35,56H,4,11,28H2,1-3H3. The summed E-state index contributed by atoms with van der Waals surface area (Å²) in [5, 5.41) is 7.57. The predicted octanol–water partition coefficient (Wildman–Crippen LogP) is 15.0. The van der Waals surface area contributed by atoms with Gasteiger partial charge in [0.2, 0.25) is 0 Å². The van der Waals surface area contributed by atoms with Gasteiger partial charge < -0.3 is 14.1 Å². The van der Waals surface area contributed by atoms with E-state index in [1.54, 1.807) is 0 Å². The Morgan fingerprint density at radius 1 is 0.414 bits per heavy atom. The minimum Gasteiger partial charge on any atom is -0.355 e. The molecule has 11 aromatic rings. The van der Waals surface area contributed by atoms with Gasteiger partial charge in [0.05, 0.1) is 22.1 Å². The molecular formula is C55H45N3. The molecule has 0 bridgehead atoms. The number of aromatic nitrogens is 3. The van der Waals surface area contributed by atoms with Crippen LogP contribution in [0.3, 0.4) is 0 Å². The molecule has 280 valence electrons. The Hall–Kier alpha value is -6.84. The van der Waals surface area contributed by atoms with Crippen molar-refractivity contribution >= 4 is 65.4 Å².